The Morgan fingerprint density at radius 1 is 1.50 bits per heavy atom. The molecule has 0 amide bonds. The summed E-state index contributed by atoms with van der Waals surface area (Å²) in [4.78, 5) is 12.1. The largest absolute Gasteiger partial charge is 0.461 e. The minimum Gasteiger partial charge on any atom is -0.461 e. The number of hydrogen-bond donors (Lipinski definition) is 1. The molecule has 0 aromatic carbocycles. The fraction of sp³-hybridized carbons (Fsp3) is 0.462. The van der Waals surface area contributed by atoms with Gasteiger partial charge in [-0.1, -0.05) is 0 Å². The normalized spacial score (nSPS) is 10.8. The number of nitrogens with zero attached hydrogens (tertiary/aromatic N) is 4. The van der Waals surface area contributed by atoms with Gasteiger partial charge < -0.3 is 10.5 Å². The lowest BCUT2D eigenvalue weighted by Crippen LogP contribution is -2.15. The molecule has 0 aliphatic heterocycles. The van der Waals surface area contributed by atoms with Gasteiger partial charge in [0, 0.05) is 26.2 Å². The zero-order chi connectivity index (χ0) is 14.7. The van der Waals surface area contributed by atoms with Crippen molar-refractivity contribution >= 4 is 11.7 Å². The van der Waals surface area contributed by atoms with E-state index in [1.54, 1.807) is 22.5 Å². The summed E-state index contributed by atoms with van der Waals surface area (Å²) in [5, 5.41) is 8.26. The van der Waals surface area contributed by atoms with Crippen molar-refractivity contribution in [3.63, 3.8) is 0 Å². The Hall–Kier alpha value is -2.31. The van der Waals surface area contributed by atoms with Gasteiger partial charge in [-0.25, -0.2) is 4.79 Å². The van der Waals surface area contributed by atoms with Gasteiger partial charge in [-0.2, -0.15) is 10.2 Å². The number of hydrogen-bond acceptors (Lipinski definition) is 5. The second kappa shape index (κ2) is 5.77. The quantitative estimate of drug-likeness (QED) is 0.821. The van der Waals surface area contributed by atoms with E-state index in [-0.39, 0.29) is 6.61 Å². The van der Waals surface area contributed by atoms with E-state index in [1.807, 2.05) is 20.2 Å². The molecule has 7 heteroatoms. The molecule has 2 aromatic rings. The monoisotopic (exact) mass is 277 g/mol. The maximum atomic E-state index is 12.1. The van der Waals surface area contributed by atoms with E-state index in [2.05, 4.69) is 10.2 Å². The summed E-state index contributed by atoms with van der Waals surface area (Å²) in [5.74, 6) is -0.436. The molecule has 0 spiro atoms. The number of nitrogens with two attached hydrogens (primary N) is 1. The van der Waals surface area contributed by atoms with E-state index in [4.69, 9.17) is 10.5 Å². The molecule has 2 N–H and O–H groups in total. The molecule has 0 radical (unpaired) electrons. The van der Waals surface area contributed by atoms with Gasteiger partial charge in [-0.05, 0) is 19.4 Å². The summed E-state index contributed by atoms with van der Waals surface area (Å²) in [5.41, 5.74) is 8.25. The Labute approximate surface area is 117 Å². The van der Waals surface area contributed by atoms with Crippen molar-refractivity contribution in [1.29, 1.82) is 0 Å². The lowest BCUT2D eigenvalue weighted by atomic mass is 10.3. The summed E-state index contributed by atoms with van der Waals surface area (Å²) in [6, 6.07) is 0. The number of aryl methyl sites for hydroxylation is 3. The van der Waals surface area contributed by atoms with Gasteiger partial charge in [0.2, 0.25) is 0 Å². The molecule has 2 heterocycles. The molecule has 2 aromatic heterocycles. The Bertz CT molecular complexity index is 614. The van der Waals surface area contributed by atoms with Crippen LogP contribution in [-0.4, -0.2) is 32.1 Å². The van der Waals surface area contributed by atoms with Crippen LogP contribution in [0.15, 0.2) is 12.4 Å². The van der Waals surface area contributed by atoms with Crippen molar-refractivity contribution in [3.8, 4) is 0 Å². The summed E-state index contributed by atoms with van der Waals surface area (Å²) >= 11 is 0. The van der Waals surface area contributed by atoms with Gasteiger partial charge in [-0.15, -0.1) is 0 Å². The minimum absolute atomic E-state index is 0.290. The molecular weight excluding hydrogens is 258 g/mol. The molecule has 0 bridgehead atoms. The number of rotatable bonds is 5. The molecule has 2 rings (SSSR count). The molecule has 7 nitrogen and oxygen atoms in total. The minimum atomic E-state index is -0.436. The molecule has 0 unspecified atom stereocenters. The first-order valence-electron chi connectivity index (χ1n) is 6.50. The van der Waals surface area contributed by atoms with Gasteiger partial charge in [-0.3, -0.25) is 9.36 Å². The van der Waals surface area contributed by atoms with E-state index in [1.165, 1.54) is 0 Å². The highest BCUT2D eigenvalue weighted by Crippen LogP contribution is 2.17. The van der Waals surface area contributed by atoms with Crippen molar-refractivity contribution in [2.45, 2.75) is 26.8 Å². The van der Waals surface area contributed by atoms with Crippen LogP contribution in [0.5, 0.6) is 0 Å². The van der Waals surface area contributed by atoms with E-state index >= 15 is 0 Å². The standard InChI is InChI=1S/C13H19N5O2/c1-4-18-12(11(14)9(2)16-18)13(19)20-6-5-10-7-15-17(3)8-10/h7-8H,4-6,14H2,1-3H3. The number of carbonyl (C=O) groups is 1. The molecule has 0 atom stereocenters. The first-order chi connectivity index (χ1) is 9.52. The van der Waals surface area contributed by atoms with Crippen LogP contribution >= 0.6 is 0 Å². The molecule has 0 saturated carbocycles. The first-order valence-corrected chi connectivity index (χ1v) is 6.50. The van der Waals surface area contributed by atoms with Gasteiger partial charge in [0.15, 0.2) is 5.69 Å². The average Bonchev–Trinajstić information content (AvgIpc) is 2.94. The predicted molar refractivity (Wildman–Crippen MR) is 74.2 cm³/mol. The Morgan fingerprint density at radius 3 is 2.85 bits per heavy atom. The molecule has 0 aliphatic carbocycles. The zero-order valence-electron chi connectivity index (χ0n) is 12.0. The Kier molecular flexibility index (Phi) is 4.07. The van der Waals surface area contributed by atoms with Crippen LogP contribution in [0.3, 0.4) is 0 Å². The maximum absolute atomic E-state index is 12.1. The maximum Gasteiger partial charge on any atom is 0.358 e. The highest BCUT2D eigenvalue weighted by Gasteiger charge is 2.20. The van der Waals surface area contributed by atoms with Crippen LogP contribution in [0, 0.1) is 6.92 Å². The smallest absolute Gasteiger partial charge is 0.358 e. The summed E-state index contributed by atoms with van der Waals surface area (Å²) in [6.45, 7) is 4.54. The van der Waals surface area contributed by atoms with Gasteiger partial charge in [0.25, 0.3) is 0 Å². The fourth-order valence-corrected chi connectivity index (χ4v) is 1.97. The SMILES string of the molecule is CCn1nc(C)c(N)c1C(=O)OCCc1cnn(C)c1. The highest BCUT2D eigenvalue weighted by atomic mass is 16.5. The molecular formula is C13H19N5O2. The van der Waals surface area contributed by atoms with Crippen molar-refractivity contribution in [3.05, 3.63) is 29.3 Å². The third-order valence-corrected chi connectivity index (χ3v) is 3.05. The van der Waals surface area contributed by atoms with E-state index < -0.39 is 5.97 Å². The number of carbonyl (C=O) groups excluding carboxylic acids is 1. The molecule has 20 heavy (non-hydrogen) atoms. The number of esters is 1. The number of ether oxygens (including phenoxy) is 1. The summed E-state index contributed by atoms with van der Waals surface area (Å²) < 4.78 is 8.54. The summed E-state index contributed by atoms with van der Waals surface area (Å²) in [6.07, 6.45) is 4.27. The van der Waals surface area contributed by atoms with Crippen LogP contribution in [0.25, 0.3) is 0 Å². The third-order valence-electron chi connectivity index (χ3n) is 3.05. The zero-order valence-corrected chi connectivity index (χ0v) is 12.0. The number of anilines is 1. The Morgan fingerprint density at radius 2 is 2.25 bits per heavy atom. The number of aromatic nitrogens is 4. The van der Waals surface area contributed by atoms with E-state index in [9.17, 15) is 4.79 Å². The molecule has 0 aliphatic rings. The molecule has 108 valence electrons. The van der Waals surface area contributed by atoms with Crippen LogP contribution < -0.4 is 5.73 Å². The number of nitrogen functional groups attached to an aromatic ring is 1. The van der Waals surface area contributed by atoms with E-state index in [0.717, 1.165) is 5.56 Å². The second-order valence-electron chi connectivity index (χ2n) is 4.57. The van der Waals surface area contributed by atoms with Crippen LogP contribution in [0.4, 0.5) is 5.69 Å². The van der Waals surface area contributed by atoms with Crippen molar-refractivity contribution in [2.75, 3.05) is 12.3 Å². The predicted octanol–water partition coefficient (Wildman–Crippen LogP) is 0.927. The topological polar surface area (TPSA) is 88.0 Å². The highest BCUT2D eigenvalue weighted by molar-refractivity contribution is 5.93. The van der Waals surface area contributed by atoms with Crippen LogP contribution in [0.1, 0.15) is 28.7 Å². The lowest BCUT2D eigenvalue weighted by Gasteiger charge is -2.06. The van der Waals surface area contributed by atoms with E-state index in [0.29, 0.717) is 30.0 Å². The third kappa shape index (κ3) is 2.81. The van der Waals surface area contributed by atoms with Crippen molar-refractivity contribution in [1.82, 2.24) is 19.6 Å². The van der Waals surface area contributed by atoms with Crippen molar-refractivity contribution in [2.24, 2.45) is 7.05 Å². The van der Waals surface area contributed by atoms with Crippen molar-refractivity contribution < 1.29 is 9.53 Å². The van der Waals surface area contributed by atoms with Gasteiger partial charge >= 0.3 is 5.97 Å². The van der Waals surface area contributed by atoms with Crippen LogP contribution in [0.2, 0.25) is 0 Å². The average molecular weight is 277 g/mol. The fourth-order valence-electron chi connectivity index (χ4n) is 1.97. The lowest BCUT2D eigenvalue weighted by molar-refractivity contribution is 0.0496. The second-order valence-corrected chi connectivity index (χ2v) is 4.57. The first kappa shape index (κ1) is 14.1. The van der Waals surface area contributed by atoms with Gasteiger partial charge in [0.1, 0.15) is 0 Å². The van der Waals surface area contributed by atoms with Crippen LogP contribution in [-0.2, 0) is 24.8 Å². The molecule has 0 fully saturated rings. The Balaban J connectivity index is 1.98. The summed E-state index contributed by atoms with van der Waals surface area (Å²) in [7, 11) is 1.85. The van der Waals surface area contributed by atoms with Gasteiger partial charge in [0.05, 0.1) is 24.2 Å². The molecule has 0 saturated heterocycles.